The Morgan fingerprint density at radius 1 is 1.16 bits per heavy atom. The number of aromatic nitrogens is 2. The zero-order valence-corrected chi connectivity index (χ0v) is 21.2. The van der Waals surface area contributed by atoms with Gasteiger partial charge in [-0.2, -0.15) is 0 Å². The Labute approximate surface area is 224 Å². The van der Waals surface area contributed by atoms with Gasteiger partial charge in [-0.15, -0.1) is 17.8 Å². The number of allylic oxidation sites excluding steroid dienone is 3. The predicted octanol–water partition coefficient (Wildman–Crippen LogP) is 5.04. The van der Waals surface area contributed by atoms with Gasteiger partial charge in [0.2, 0.25) is 5.91 Å². The van der Waals surface area contributed by atoms with Crippen molar-refractivity contribution in [1.29, 1.82) is 0 Å². The van der Waals surface area contributed by atoms with Crippen LogP contribution in [0.4, 0.5) is 5.69 Å². The van der Waals surface area contributed by atoms with E-state index in [1.807, 2.05) is 60.7 Å². The van der Waals surface area contributed by atoms with Crippen LogP contribution in [0.25, 0.3) is 11.3 Å². The molecule has 1 aliphatic rings. The van der Waals surface area contributed by atoms with Crippen LogP contribution < -0.4 is 10.2 Å². The standard InChI is InChI=1S/C30H24N4O3S/c1-2-27-33-25(19-38-27)30(36)34(24-14-12-22(13-15-24)26-18-31-20-37-26)28(23-10-6-7-11-23)29(35)32-17-16-21-8-4-3-5-9-21/h1,3-10,12-15,18-20,28H,11,16-17H2,(H,32,35). The van der Waals surface area contributed by atoms with E-state index in [0.29, 0.717) is 35.8 Å². The number of hydrogen-bond donors (Lipinski definition) is 1. The number of carbonyl (C=O) groups excluding carboxylic acids is 2. The van der Waals surface area contributed by atoms with Gasteiger partial charge in [0.05, 0.1) is 6.20 Å². The summed E-state index contributed by atoms with van der Waals surface area (Å²) in [4.78, 5) is 37.4. The van der Waals surface area contributed by atoms with Crippen LogP contribution in [0.1, 0.15) is 27.5 Å². The number of nitrogens with zero attached hydrogens (tertiary/aromatic N) is 3. The minimum absolute atomic E-state index is 0.191. The summed E-state index contributed by atoms with van der Waals surface area (Å²) in [6.45, 7) is 0.435. The number of amides is 2. The van der Waals surface area contributed by atoms with E-state index in [-0.39, 0.29) is 11.6 Å². The quantitative estimate of drug-likeness (QED) is 0.313. The van der Waals surface area contributed by atoms with Crippen LogP contribution in [0.15, 0.2) is 101 Å². The van der Waals surface area contributed by atoms with E-state index in [9.17, 15) is 9.59 Å². The normalized spacial score (nSPS) is 13.0. The van der Waals surface area contributed by atoms with Gasteiger partial charge in [0.1, 0.15) is 11.7 Å². The first-order valence-corrected chi connectivity index (χ1v) is 12.9. The Hall–Kier alpha value is -4.74. The zero-order valence-electron chi connectivity index (χ0n) is 20.4. The molecular weight excluding hydrogens is 496 g/mol. The Bertz CT molecular complexity index is 1510. The van der Waals surface area contributed by atoms with Gasteiger partial charge in [-0.05, 0) is 54.2 Å². The van der Waals surface area contributed by atoms with Gasteiger partial charge in [0.15, 0.2) is 17.2 Å². The van der Waals surface area contributed by atoms with Crippen LogP contribution in [-0.4, -0.2) is 34.4 Å². The van der Waals surface area contributed by atoms with Crippen molar-refractivity contribution in [2.75, 3.05) is 11.4 Å². The summed E-state index contributed by atoms with van der Waals surface area (Å²) in [5.74, 6) is 2.40. The molecule has 0 bridgehead atoms. The molecule has 188 valence electrons. The van der Waals surface area contributed by atoms with Gasteiger partial charge in [-0.1, -0.05) is 48.6 Å². The second-order valence-electron chi connectivity index (χ2n) is 8.57. The highest BCUT2D eigenvalue weighted by molar-refractivity contribution is 7.10. The molecule has 0 radical (unpaired) electrons. The van der Waals surface area contributed by atoms with Crippen LogP contribution in [0.3, 0.4) is 0 Å². The van der Waals surface area contributed by atoms with Crippen LogP contribution in [-0.2, 0) is 11.2 Å². The topological polar surface area (TPSA) is 88.3 Å². The minimum atomic E-state index is -0.875. The van der Waals surface area contributed by atoms with E-state index in [1.165, 1.54) is 22.6 Å². The van der Waals surface area contributed by atoms with Crippen LogP contribution in [0.2, 0.25) is 0 Å². The van der Waals surface area contributed by atoms with E-state index in [1.54, 1.807) is 23.7 Å². The monoisotopic (exact) mass is 520 g/mol. The average Bonchev–Trinajstić information content (AvgIpc) is 3.75. The van der Waals surface area contributed by atoms with Crippen molar-refractivity contribution in [3.63, 3.8) is 0 Å². The average molecular weight is 521 g/mol. The largest absolute Gasteiger partial charge is 0.444 e. The summed E-state index contributed by atoms with van der Waals surface area (Å²) in [7, 11) is 0. The second kappa shape index (κ2) is 11.5. The highest BCUT2D eigenvalue weighted by Crippen LogP contribution is 2.30. The molecule has 38 heavy (non-hydrogen) atoms. The molecule has 1 atom stereocenters. The van der Waals surface area contributed by atoms with Gasteiger partial charge in [0, 0.05) is 23.2 Å². The number of nitrogens with one attached hydrogen (secondary N) is 1. The van der Waals surface area contributed by atoms with Crippen LogP contribution >= 0.6 is 11.3 Å². The third kappa shape index (κ3) is 5.48. The van der Waals surface area contributed by atoms with Crippen molar-refractivity contribution in [3.8, 4) is 23.7 Å². The molecular formula is C30H24N4O3S. The van der Waals surface area contributed by atoms with E-state index < -0.39 is 11.9 Å². The lowest BCUT2D eigenvalue weighted by molar-refractivity contribution is -0.121. The molecule has 5 rings (SSSR count). The Balaban J connectivity index is 1.48. The van der Waals surface area contributed by atoms with Gasteiger partial charge in [-0.3, -0.25) is 14.5 Å². The van der Waals surface area contributed by atoms with Crippen molar-refractivity contribution in [2.24, 2.45) is 0 Å². The summed E-state index contributed by atoms with van der Waals surface area (Å²) in [5.41, 5.74) is 3.46. The predicted molar refractivity (Wildman–Crippen MR) is 148 cm³/mol. The first-order chi connectivity index (χ1) is 18.6. The SMILES string of the molecule is C#Cc1nc(C(=O)N(c2ccc(-c3cnco3)cc2)C(C(=O)NCCc2ccccc2)C2=CC=CC2)cs1. The molecule has 0 aliphatic heterocycles. The summed E-state index contributed by atoms with van der Waals surface area (Å²) >= 11 is 1.21. The summed E-state index contributed by atoms with van der Waals surface area (Å²) in [6.07, 6.45) is 15.5. The molecule has 7 nitrogen and oxygen atoms in total. The second-order valence-corrected chi connectivity index (χ2v) is 9.43. The molecule has 0 spiro atoms. The molecule has 2 aromatic heterocycles. The van der Waals surface area contributed by atoms with Crippen LogP contribution in [0, 0.1) is 12.3 Å². The van der Waals surface area contributed by atoms with Gasteiger partial charge in [-0.25, -0.2) is 9.97 Å². The molecule has 2 aromatic carbocycles. The number of thiazole rings is 1. The number of terminal acetylenes is 1. The summed E-state index contributed by atoms with van der Waals surface area (Å²) in [6, 6.07) is 16.3. The fraction of sp³-hybridized carbons (Fsp3) is 0.133. The van der Waals surface area contributed by atoms with E-state index >= 15 is 0 Å². The maximum atomic E-state index is 13.9. The highest BCUT2D eigenvalue weighted by Gasteiger charge is 2.35. The zero-order chi connectivity index (χ0) is 26.3. The Kier molecular flexibility index (Phi) is 7.57. The van der Waals surface area contributed by atoms with Crippen molar-refractivity contribution >= 4 is 28.8 Å². The molecule has 2 heterocycles. The Morgan fingerprint density at radius 3 is 2.63 bits per heavy atom. The van der Waals surface area contributed by atoms with Crippen LogP contribution in [0.5, 0.6) is 0 Å². The fourth-order valence-electron chi connectivity index (χ4n) is 4.28. The number of carbonyl (C=O) groups is 2. The molecule has 2 amide bonds. The third-order valence-corrected chi connectivity index (χ3v) is 6.91. The molecule has 1 aliphatic carbocycles. The van der Waals surface area contributed by atoms with Crippen molar-refractivity contribution in [1.82, 2.24) is 15.3 Å². The third-order valence-electron chi connectivity index (χ3n) is 6.14. The number of benzene rings is 2. The summed E-state index contributed by atoms with van der Waals surface area (Å²) < 4.78 is 5.40. The maximum Gasteiger partial charge on any atom is 0.278 e. The molecule has 4 aromatic rings. The number of hydrogen-bond acceptors (Lipinski definition) is 6. The molecule has 0 saturated heterocycles. The molecule has 8 heteroatoms. The molecule has 1 unspecified atom stereocenters. The molecule has 0 saturated carbocycles. The number of anilines is 1. The molecule has 1 N–H and O–H groups in total. The lowest BCUT2D eigenvalue weighted by Gasteiger charge is -2.32. The fourth-order valence-corrected chi connectivity index (χ4v) is 4.88. The number of oxazole rings is 1. The van der Waals surface area contributed by atoms with Crippen molar-refractivity contribution in [2.45, 2.75) is 18.9 Å². The highest BCUT2D eigenvalue weighted by atomic mass is 32.1. The number of rotatable bonds is 9. The van der Waals surface area contributed by atoms with E-state index in [0.717, 1.165) is 16.7 Å². The maximum absolute atomic E-state index is 13.9. The summed E-state index contributed by atoms with van der Waals surface area (Å²) in [5, 5.41) is 5.07. The first-order valence-electron chi connectivity index (χ1n) is 12.1. The van der Waals surface area contributed by atoms with Crippen molar-refractivity contribution < 1.29 is 14.0 Å². The van der Waals surface area contributed by atoms with Gasteiger partial charge >= 0.3 is 0 Å². The smallest absolute Gasteiger partial charge is 0.278 e. The molecule has 0 fully saturated rings. The minimum Gasteiger partial charge on any atom is -0.444 e. The van der Waals surface area contributed by atoms with E-state index in [4.69, 9.17) is 10.8 Å². The lowest BCUT2D eigenvalue weighted by atomic mass is 10.0. The Morgan fingerprint density at radius 2 is 1.97 bits per heavy atom. The van der Waals surface area contributed by atoms with Crippen molar-refractivity contribution in [3.05, 3.63) is 113 Å². The van der Waals surface area contributed by atoms with Gasteiger partial charge < -0.3 is 9.73 Å². The first kappa shape index (κ1) is 24.9. The van der Waals surface area contributed by atoms with E-state index in [2.05, 4.69) is 21.2 Å². The lowest BCUT2D eigenvalue weighted by Crippen LogP contribution is -2.51. The van der Waals surface area contributed by atoms with Gasteiger partial charge in [0.25, 0.3) is 5.91 Å².